The summed E-state index contributed by atoms with van der Waals surface area (Å²) in [7, 11) is -3.90. The highest BCUT2D eigenvalue weighted by molar-refractivity contribution is 7.89. The highest BCUT2D eigenvalue weighted by Gasteiger charge is 2.34. The second kappa shape index (κ2) is 7.98. The summed E-state index contributed by atoms with van der Waals surface area (Å²) in [5.74, 6) is -0.170. The quantitative estimate of drug-likeness (QED) is 0.807. The lowest BCUT2D eigenvalue weighted by Gasteiger charge is -2.18. The number of aryl methyl sites for hydroxylation is 1. The number of carbonyl (C=O) groups excluding carboxylic acids is 1. The molecule has 3 rings (SSSR count). The predicted molar refractivity (Wildman–Crippen MR) is 108 cm³/mol. The van der Waals surface area contributed by atoms with Crippen molar-refractivity contribution in [3.8, 4) is 0 Å². The lowest BCUT2D eigenvalue weighted by molar-refractivity contribution is 0.0789. The Hall–Kier alpha value is -1.93. The van der Waals surface area contributed by atoms with E-state index in [9.17, 15) is 13.2 Å². The summed E-state index contributed by atoms with van der Waals surface area (Å²) in [6.45, 7) is 4.38. The molecule has 8 heteroatoms. The van der Waals surface area contributed by atoms with E-state index in [0.29, 0.717) is 29.8 Å². The number of hydrogen-bond acceptors (Lipinski definition) is 4. The molecule has 2 atom stereocenters. The molecule has 1 aliphatic heterocycles. The number of rotatable bonds is 3. The fourth-order valence-corrected chi connectivity index (χ4v) is 4.36. The topological polar surface area (TPSA) is 106 Å². The number of primary sulfonamides is 1. The zero-order valence-electron chi connectivity index (χ0n) is 15.3. The molecule has 0 bridgehead atoms. The van der Waals surface area contributed by atoms with Crippen LogP contribution in [0.25, 0.3) is 0 Å². The van der Waals surface area contributed by atoms with Gasteiger partial charge in [-0.15, -0.1) is 12.4 Å². The second-order valence-electron chi connectivity index (χ2n) is 6.85. The highest BCUT2D eigenvalue weighted by atomic mass is 35.5. The number of nitrogens with two attached hydrogens (primary N) is 2. The first-order valence-electron chi connectivity index (χ1n) is 8.42. The summed E-state index contributed by atoms with van der Waals surface area (Å²) < 4.78 is 23.6. The Labute approximate surface area is 166 Å². The summed E-state index contributed by atoms with van der Waals surface area (Å²) in [6, 6.07) is 12.8. The molecule has 27 heavy (non-hydrogen) atoms. The van der Waals surface area contributed by atoms with Crippen LogP contribution in [0.15, 0.2) is 47.4 Å². The number of likely N-dealkylation sites (tertiary alicyclic amines) is 1. The Morgan fingerprint density at radius 1 is 1.11 bits per heavy atom. The van der Waals surface area contributed by atoms with Crippen molar-refractivity contribution < 1.29 is 13.2 Å². The van der Waals surface area contributed by atoms with Crippen LogP contribution in [0.4, 0.5) is 0 Å². The van der Waals surface area contributed by atoms with Gasteiger partial charge < -0.3 is 10.6 Å². The first-order chi connectivity index (χ1) is 12.2. The van der Waals surface area contributed by atoms with Crippen molar-refractivity contribution in [1.82, 2.24) is 4.90 Å². The van der Waals surface area contributed by atoms with Gasteiger partial charge in [0.25, 0.3) is 5.91 Å². The minimum absolute atomic E-state index is 0. The van der Waals surface area contributed by atoms with E-state index in [0.717, 1.165) is 5.56 Å². The first-order valence-corrected chi connectivity index (χ1v) is 9.97. The monoisotopic (exact) mass is 409 g/mol. The fraction of sp³-hybridized carbons (Fsp3) is 0.316. The molecule has 4 N–H and O–H groups in total. The number of hydrogen-bond donors (Lipinski definition) is 2. The minimum atomic E-state index is -3.90. The summed E-state index contributed by atoms with van der Waals surface area (Å²) in [4.78, 5) is 14.6. The van der Waals surface area contributed by atoms with Gasteiger partial charge in [0.15, 0.2) is 0 Å². The molecule has 2 aromatic carbocycles. The lowest BCUT2D eigenvalue weighted by atomic mass is 9.95. The van der Waals surface area contributed by atoms with Crippen LogP contribution >= 0.6 is 12.4 Å². The van der Waals surface area contributed by atoms with Crippen molar-refractivity contribution >= 4 is 28.3 Å². The van der Waals surface area contributed by atoms with Gasteiger partial charge in [-0.2, -0.15) is 0 Å². The highest BCUT2D eigenvalue weighted by Crippen LogP contribution is 2.28. The van der Waals surface area contributed by atoms with Gasteiger partial charge in [0.1, 0.15) is 0 Å². The molecule has 1 amide bonds. The van der Waals surface area contributed by atoms with Gasteiger partial charge in [-0.25, -0.2) is 13.6 Å². The van der Waals surface area contributed by atoms with E-state index in [4.69, 9.17) is 10.9 Å². The van der Waals surface area contributed by atoms with Gasteiger partial charge in [-0.05, 0) is 42.7 Å². The van der Waals surface area contributed by atoms with Gasteiger partial charge in [-0.3, -0.25) is 4.79 Å². The number of sulfonamides is 1. The molecule has 0 spiro atoms. The van der Waals surface area contributed by atoms with E-state index in [1.54, 1.807) is 24.8 Å². The predicted octanol–water partition coefficient (Wildman–Crippen LogP) is 1.94. The van der Waals surface area contributed by atoms with Crippen LogP contribution in [0.3, 0.4) is 0 Å². The molecule has 1 aliphatic rings. The molecule has 6 nitrogen and oxygen atoms in total. The molecule has 0 unspecified atom stereocenters. The minimum Gasteiger partial charge on any atom is -0.336 e. The maximum absolute atomic E-state index is 12.9. The maximum atomic E-state index is 12.9. The normalized spacial score (nSPS) is 19.6. The van der Waals surface area contributed by atoms with Crippen molar-refractivity contribution in [2.45, 2.75) is 30.7 Å². The molecular formula is C19H24ClN3O3S. The van der Waals surface area contributed by atoms with Gasteiger partial charge in [-0.1, -0.05) is 30.3 Å². The van der Waals surface area contributed by atoms with Gasteiger partial charge >= 0.3 is 0 Å². The average Bonchev–Trinajstić information content (AvgIpc) is 2.98. The molecule has 1 saturated heterocycles. The van der Waals surface area contributed by atoms with Crippen LogP contribution in [-0.2, 0) is 10.0 Å². The largest absolute Gasteiger partial charge is 0.336 e. The van der Waals surface area contributed by atoms with Gasteiger partial charge in [0, 0.05) is 30.6 Å². The third kappa shape index (κ3) is 4.32. The average molecular weight is 410 g/mol. The van der Waals surface area contributed by atoms with Crippen molar-refractivity contribution in [3.05, 3.63) is 64.7 Å². The maximum Gasteiger partial charge on any atom is 0.253 e. The second-order valence-corrected chi connectivity index (χ2v) is 8.38. The Morgan fingerprint density at radius 3 is 2.33 bits per heavy atom. The van der Waals surface area contributed by atoms with Crippen LogP contribution in [0.2, 0.25) is 0 Å². The van der Waals surface area contributed by atoms with E-state index in [2.05, 4.69) is 0 Å². The van der Waals surface area contributed by atoms with Crippen LogP contribution in [0.5, 0.6) is 0 Å². The third-order valence-corrected chi connectivity index (χ3v) is 6.09. The number of carbonyl (C=O) groups is 1. The summed E-state index contributed by atoms with van der Waals surface area (Å²) in [6.07, 6.45) is 0. The SMILES string of the molecule is Cc1cc(C(=O)N2C[C@@H](N)[C@H](c3ccccc3)C2)cc(S(N)(=O)=O)c1C.Cl. The molecule has 0 aliphatic carbocycles. The van der Waals surface area contributed by atoms with E-state index in [1.807, 2.05) is 30.3 Å². The van der Waals surface area contributed by atoms with Gasteiger partial charge in [0.2, 0.25) is 10.0 Å². The smallest absolute Gasteiger partial charge is 0.253 e. The van der Waals surface area contributed by atoms with E-state index >= 15 is 0 Å². The molecule has 1 fully saturated rings. The van der Waals surface area contributed by atoms with E-state index in [1.165, 1.54) is 6.07 Å². The Bertz CT molecular complexity index is 948. The fourth-order valence-electron chi connectivity index (χ4n) is 3.48. The number of benzene rings is 2. The number of nitrogens with zero attached hydrogens (tertiary/aromatic N) is 1. The molecule has 1 heterocycles. The molecule has 0 radical (unpaired) electrons. The lowest BCUT2D eigenvalue weighted by Crippen LogP contribution is -2.32. The van der Waals surface area contributed by atoms with E-state index in [-0.39, 0.29) is 35.2 Å². The summed E-state index contributed by atoms with van der Waals surface area (Å²) in [5, 5.41) is 5.30. The van der Waals surface area contributed by atoms with Crippen LogP contribution in [0, 0.1) is 13.8 Å². The Morgan fingerprint density at radius 2 is 1.74 bits per heavy atom. The molecule has 146 valence electrons. The zero-order valence-corrected chi connectivity index (χ0v) is 16.9. The van der Waals surface area contributed by atoms with Crippen molar-refractivity contribution in [1.29, 1.82) is 0 Å². The molecule has 2 aromatic rings. The van der Waals surface area contributed by atoms with Gasteiger partial charge in [0.05, 0.1) is 4.90 Å². The summed E-state index contributed by atoms with van der Waals surface area (Å²) >= 11 is 0. The van der Waals surface area contributed by atoms with Crippen LogP contribution < -0.4 is 10.9 Å². The molecular weight excluding hydrogens is 386 g/mol. The third-order valence-electron chi connectivity index (χ3n) is 5.05. The Kier molecular flexibility index (Phi) is 6.32. The van der Waals surface area contributed by atoms with Crippen LogP contribution in [-0.4, -0.2) is 38.4 Å². The van der Waals surface area contributed by atoms with Crippen LogP contribution in [0.1, 0.15) is 33.0 Å². The van der Waals surface area contributed by atoms with E-state index < -0.39 is 10.0 Å². The Balaban J connectivity index is 0.00000261. The summed E-state index contributed by atoms with van der Waals surface area (Å²) in [5.41, 5.74) is 8.95. The van der Waals surface area contributed by atoms with Crippen molar-refractivity contribution in [2.24, 2.45) is 10.9 Å². The standard InChI is InChI=1S/C19H23N3O3S.ClH/c1-12-8-15(9-18(13(12)2)26(21,24)25)19(23)22-10-16(17(20)11-22)14-6-4-3-5-7-14;/h3-9,16-17H,10-11,20H2,1-2H3,(H2,21,24,25);1H/t16-,17+;/m0./s1. The number of amides is 1. The molecule has 0 saturated carbocycles. The van der Waals surface area contributed by atoms with Crippen molar-refractivity contribution in [3.63, 3.8) is 0 Å². The van der Waals surface area contributed by atoms with Crippen molar-refractivity contribution in [2.75, 3.05) is 13.1 Å². The molecule has 0 aromatic heterocycles. The first kappa shape index (κ1) is 21.4. The number of halogens is 1. The zero-order chi connectivity index (χ0) is 19.1.